The van der Waals surface area contributed by atoms with Gasteiger partial charge in [0.1, 0.15) is 5.82 Å². The average molecular weight is 290 g/mol. The summed E-state index contributed by atoms with van der Waals surface area (Å²) in [4.78, 5) is 0. The number of alkyl halides is 1. The van der Waals surface area contributed by atoms with Gasteiger partial charge in [-0.05, 0) is 24.3 Å². The second-order valence-electron chi connectivity index (χ2n) is 3.04. The van der Waals surface area contributed by atoms with E-state index in [2.05, 4.69) is 26.1 Å². The van der Waals surface area contributed by atoms with Crippen molar-refractivity contribution in [3.05, 3.63) is 40.2 Å². The maximum Gasteiger partial charge on any atom is 0.132 e. The largest absolute Gasteiger partial charge is 0.281 e. The minimum atomic E-state index is -0.300. The highest BCUT2D eigenvalue weighted by Crippen LogP contribution is 2.25. The summed E-state index contributed by atoms with van der Waals surface area (Å²) < 4.78 is 14.3. The van der Waals surface area contributed by atoms with Gasteiger partial charge in [0.15, 0.2) is 0 Å². The molecule has 0 spiro atoms. The molecule has 0 aliphatic rings. The Morgan fingerprint density at radius 2 is 2.20 bits per heavy atom. The fraction of sp³-hybridized carbons (Fsp3) is 0.100. The minimum Gasteiger partial charge on any atom is -0.281 e. The molecular formula is C10H7BrClFN2. The van der Waals surface area contributed by atoms with Crippen LogP contribution >= 0.6 is 27.5 Å². The second-order valence-corrected chi connectivity index (χ2v) is 4.22. The van der Waals surface area contributed by atoms with Crippen molar-refractivity contribution in [3.8, 4) is 11.3 Å². The van der Waals surface area contributed by atoms with Crippen molar-refractivity contribution in [2.45, 2.75) is 5.88 Å². The summed E-state index contributed by atoms with van der Waals surface area (Å²) in [6, 6.07) is 6.46. The number of aromatic nitrogens is 2. The van der Waals surface area contributed by atoms with Crippen LogP contribution in [0.15, 0.2) is 28.7 Å². The van der Waals surface area contributed by atoms with Crippen molar-refractivity contribution in [2.24, 2.45) is 0 Å². The quantitative estimate of drug-likeness (QED) is 0.839. The lowest BCUT2D eigenvalue weighted by atomic mass is 10.1. The molecule has 0 unspecified atom stereocenters. The Labute approximate surface area is 99.6 Å². The van der Waals surface area contributed by atoms with Crippen molar-refractivity contribution in [1.82, 2.24) is 10.2 Å². The fourth-order valence-electron chi connectivity index (χ4n) is 1.26. The first kappa shape index (κ1) is 10.6. The van der Waals surface area contributed by atoms with Crippen LogP contribution in [0.1, 0.15) is 5.69 Å². The van der Waals surface area contributed by atoms with Crippen molar-refractivity contribution in [2.75, 3.05) is 0 Å². The van der Waals surface area contributed by atoms with Crippen LogP contribution < -0.4 is 0 Å². The van der Waals surface area contributed by atoms with E-state index in [1.165, 1.54) is 6.07 Å². The summed E-state index contributed by atoms with van der Waals surface area (Å²) in [6.45, 7) is 0. The van der Waals surface area contributed by atoms with Gasteiger partial charge in [0.2, 0.25) is 0 Å². The molecule has 2 nitrogen and oxygen atoms in total. The normalized spacial score (nSPS) is 10.6. The smallest absolute Gasteiger partial charge is 0.132 e. The van der Waals surface area contributed by atoms with Crippen molar-refractivity contribution in [3.63, 3.8) is 0 Å². The second kappa shape index (κ2) is 4.33. The minimum absolute atomic E-state index is 0.300. The number of halogens is 3. The number of aromatic amines is 1. The molecule has 1 aromatic carbocycles. The molecule has 0 aliphatic heterocycles. The average Bonchev–Trinajstić information content (AvgIpc) is 2.70. The number of benzene rings is 1. The summed E-state index contributed by atoms with van der Waals surface area (Å²) in [6.07, 6.45) is 0. The molecule has 0 atom stereocenters. The van der Waals surface area contributed by atoms with E-state index in [-0.39, 0.29) is 5.82 Å². The van der Waals surface area contributed by atoms with E-state index in [4.69, 9.17) is 11.6 Å². The fourth-order valence-corrected chi connectivity index (χ4v) is 1.76. The third-order valence-electron chi connectivity index (χ3n) is 1.98. The van der Waals surface area contributed by atoms with Gasteiger partial charge >= 0.3 is 0 Å². The Bertz CT molecular complexity index is 484. The molecule has 0 amide bonds. The lowest BCUT2D eigenvalue weighted by molar-refractivity contribution is 0.630. The maximum atomic E-state index is 13.5. The Morgan fingerprint density at radius 3 is 2.87 bits per heavy atom. The molecule has 0 aliphatic carbocycles. The first-order valence-electron chi connectivity index (χ1n) is 4.26. The highest BCUT2D eigenvalue weighted by atomic mass is 79.9. The van der Waals surface area contributed by atoms with Crippen molar-refractivity contribution < 1.29 is 4.39 Å². The molecule has 2 rings (SSSR count). The van der Waals surface area contributed by atoms with E-state index in [1.54, 1.807) is 18.2 Å². The molecule has 0 saturated carbocycles. The third kappa shape index (κ3) is 2.21. The summed E-state index contributed by atoms with van der Waals surface area (Å²) in [5.74, 6) is 0.0358. The Hall–Kier alpha value is -0.870. The third-order valence-corrected chi connectivity index (χ3v) is 2.76. The number of hydrogen-bond donors (Lipinski definition) is 1. The monoisotopic (exact) mass is 288 g/mol. The zero-order valence-corrected chi connectivity index (χ0v) is 9.94. The highest BCUT2D eigenvalue weighted by Gasteiger charge is 2.09. The van der Waals surface area contributed by atoms with Gasteiger partial charge in [-0.25, -0.2) is 4.39 Å². The van der Waals surface area contributed by atoms with E-state index in [0.717, 1.165) is 10.2 Å². The predicted octanol–water partition coefficient (Wildman–Crippen LogP) is 3.72. The molecule has 1 aromatic heterocycles. The van der Waals surface area contributed by atoms with E-state index in [0.29, 0.717) is 17.1 Å². The molecular weight excluding hydrogens is 282 g/mol. The summed E-state index contributed by atoms with van der Waals surface area (Å²) in [5, 5.41) is 6.73. The standard InChI is InChI=1S/C10H7BrClFN2/c11-6-1-2-9(13)8(3-6)10-4-7(5-12)14-15-10/h1-4H,5H2,(H,14,15). The van der Waals surface area contributed by atoms with E-state index < -0.39 is 0 Å². The van der Waals surface area contributed by atoms with Crippen LogP contribution in [0, 0.1) is 5.82 Å². The Morgan fingerprint density at radius 1 is 1.40 bits per heavy atom. The topological polar surface area (TPSA) is 28.7 Å². The van der Waals surface area contributed by atoms with Crippen molar-refractivity contribution >= 4 is 27.5 Å². The molecule has 0 radical (unpaired) electrons. The van der Waals surface area contributed by atoms with Gasteiger partial charge in [0, 0.05) is 10.0 Å². The number of hydrogen-bond acceptors (Lipinski definition) is 1. The van der Waals surface area contributed by atoms with Crippen molar-refractivity contribution in [1.29, 1.82) is 0 Å². The number of rotatable bonds is 2. The molecule has 2 aromatic rings. The Balaban J connectivity index is 2.48. The summed E-state index contributed by atoms with van der Waals surface area (Å²) >= 11 is 8.91. The molecule has 0 saturated heterocycles. The molecule has 1 heterocycles. The van der Waals surface area contributed by atoms with Gasteiger partial charge in [0.25, 0.3) is 0 Å². The molecule has 0 bridgehead atoms. The van der Waals surface area contributed by atoms with Gasteiger partial charge in [-0.2, -0.15) is 5.10 Å². The number of nitrogens with zero attached hydrogens (tertiary/aromatic N) is 1. The first-order valence-corrected chi connectivity index (χ1v) is 5.59. The lowest BCUT2D eigenvalue weighted by Crippen LogP contribution is -1.84. The van der Waals surface area contributed by atoms with Crippen LogP contribution in [0.3, 0.4) is 0 Å². The molecule has 0 fully saturated rings. The molecule has 1 N–H and O–H groups in total. The van der Waals surface area contributed by atoms with E-state index in [9.17, 15) is 4.39 Å². The zero-order chi connectivity index (χ0) is 10.8. The summed E-state index contributed by atoms with van der Waals surface area (Å²) in [7, 11) is 0. The molecule has 5 heteroatoms. The molecule has 15 heavy (non-hydrogen) atoms. The van der Waals surface area contributed by atoms with Gasteiger partial charge < -0.3 is 0 Å². The SMILES string of the molecule is Fc1ccc(Br)cc1-c1cc(CCl)[nH]n1. The lowest BCUT2D eigenvalue weighted by Gasteiger charge is -1.99. The first-order chi connectivity index (χ1) is 7.20. The number of H-pyrrole nitrogens is 1. The Kier molecular flexibility index (Phi) is 3.07. The highest BCUT2D eigenvalue weighted by molar-refractivity contribution is 9.10. The van der Waals surface area contributed by atoms with Crippen LogP contribution in [-0.4, -0.2) is 10.2 Å². The van der Waals surface area contributed by atoms with E-state index in [1.807, 2.05) is 0 Å². The predicted molar refractivity (Wildman–Crippen MR) is 61.2 cm³/mol. The van der Waals surface area contributed by atoms with Crippen LogP contribution in [-0.2, 0) is 5.88 Å². The van der Waals surface area contributed by atoms with Gasteiger partial charge in [-0.15, -0.1) is 11.6 Å². The van der Waals surface area contributed by atoms with Crippen LogP contribution in [0.25, 0.3) is 11.3 Å². The molecule has 78 valence electrons. The zero-order valence-electron chi connectivity index (χ0n) is 7.60. The van der Waals surface area contributed by atoms with Crippen LogP contribution in [0.5, 0.6) is 0 Å². The number of nitrogens with one attached hydrogen (secondary N) is 1. The summed E-state index contributed by atoms with van der Waals surface area (Å²) in [5.41, 5.74) is 1.78. The van der Waals surface area contributed by atoms with Gasteiger partial charge in [-0.3, -0.25) is 5.10 Å². The van der Waals surface area contributed by atoms with Crippen LogP contribution in [0.2, 0.25) is 0 Å². The van der Waals surface area contributed by atoms with E-state index >= 15 is 0 Å². The van der Waals surface area contributed by atoms with Gasteiger partial charge in [-0.1, -0.05) is 15.9 Å². The maximum absolute atomic E-state index is 13.5. The van der Waals surface area contributed by atoms with Crippen LogP contribution in [0.4, 0.5) is 4.39 Å². The van der Waals surface area contributed by atoms with Gasteiger partial charge in [0.05, 0.1) is 17.3 Å².